The van der Waals surface area contributed by atoms with Gasteiger partial charge in [-0.1, -0.05) is 41.6 Å². The molecule has 0 bridgehead atoms. The van der Waals surface area contributed by atoms with Crippen LogP contribution < -0.4 is 10.1 Å². The number of ether oxygens (including phenoxy) is 2. The van der Waals surface area contributed by atoms with E-state index in [0.717, 1.165) is 20.3 Å². The number of hydrogen-bond donors (Lipinski definition) is 1. The Kier molecular flexibility index (Phi) is 8.57. The van der Waals surface area contributed by atoms with Crippen LogP contribution in [0, 0.1) is 0 Å². The SMILES string of the molecule is CCOC(=O)CC(NC(=O)CSc1nc2ccc(OCC)cc2s1)c1ccccc1Cl. The summed E-state index contributed by atoms with van der Waals surface area (Å²) in [6.07, 6.45) is 0.00925. The molecule has 1 amide bonds. The van der Waals surface area contributed by atoms with Crippen LogP contribution >= 0.6 is 34.7 Å². The Hall–Kier alpha value is -2.29. The van der Waals surface area contributed by atoms with Gasteiger partial charge in [-0.2, -0.15) is 0 Å². The first-order chi connectivity index (χ1) is 15.0. The summed E-state index contributed by atoms with van der Waals surface area (Å²) >= 11 is 9.15. The van der Waals surface area contributed by atoms with E-state index in [0.29, 0.717) is 17.2 Å². The van der Waals surface area contributed by atoms with Crippen LogP contribution in [0.1, 0.15) is 31.9 Å². The molecule has 0 radical (unpaired) electrons. The van der Waals surface area contributed by atoms with E-state index in [-0.39, 0.29) is 24.7 Å². The van der Waals surface area contributed by atoms with Crippen LogP contribution in [0.25, 0.3) is 10.2 Å². The molecule has 0 saturated carbocycles. The quantitative estimate of drug-likeness (QED) is 0.316. The van der Waals surface area contributed by atoms with Gasteiger partial charge < -0.3 is 14.8 Å². The van der Waals surface area contributed by atoms with Gasteiger partial charge in [-0.15, -0.1) is 11.3 Å². The monoisotopic (exact) mass is 478 g/mol. The number of thioether (sulfide) groups is 1. The number of carbonyl (C=O) groups is 2. The van der Waals surface area contributed by atoms with Crippen molar-refractivity contribution >= 4 is 56.8 Å². The number of benzene rings is 2. The second-order valence-corrected chi connectivity index (χ2v) is 9.14. The molecular formula is C22H23ClN2O4S2. The predicted octanol–water partition coefficient (Wildman–Crippen LogP) is 5.25. The summed E-state index contributed by atoms with van der Waals surface area (Å²) in [4.78, 5) is 29.2. The van der Waals surface area contributed by atoms with Crippen LogP contribution in [0.15, 0.2) is 46.8 Å². The van der Waals surface area contributed by atoms with E-state index < -0.39 is 12.0 Å². The van der Waals surface area contributed by atoms with Gasteiger partial charge in [0.25, 0.3) is 0 Å². The number of aromatic nitrogens is 1. The lowest BCUT2D eigenvalue weighted by atomic mass is 10.0. The summed E-state index contributed by atoms with van der Waals surface area (Å²) in [7, 11) is 0. The fourth-order valence-corrected chi connectivity index (χ4v) is 5.12. The average molecular weight is 479 g/mol. The summed E-state index contributed by atoms with van der Waals surface area (Å²) in [6, 6.07) is 12.3. The maximum absolute atomic E-state index is 12.6. The molecule has 0 fully saturated rings. The van der Waals surface area contributed by atoms with E-state index in [4.69, 9.17) is 21.1 Å². The van der Waals surface area contributed by atoms with Gasteiger partial charge >= 0.3 is 5.97 Å². The molecule has 31 heavy (non-hydrogen) atoms. The van der Waals surface area contributed by atoms with Crippen LogP contribution in [-0.4, -0.2) is 35.8 Å². The molecule has 1 atom stereocenters. The van der Waals surface area contributed by atoms with Gasteiger partial charge in [0.2, 0.25) is 5.91 Å². The summed E-state index contributed by atoms with van der Waals surface area (Å²) < 4.78 is 12.4. The lowest BCUT2D eigenvalue weighted by molar-refractivity contribution is -0.143. The topological polar surface area (TPSA) is 77.5 Å². The number of carbonyl (C=O) groups excluding carboxylic acids is 2. The van der Waals surface area contributed by atoms with Crippen molar-refractivity contribution in [3.63, 3.8) is 0 Å². The van der Waals surface area contributed by atoms with Crippen molar-refractivity contribution < 1.29 is 19.1 Å². The number of rotatable bonds is 10. The number of esters is 1. The average Bonchev–Trinajstić information content (AvgIpc) is 3.15. The van der Waals surface area contributed by atoms with E-state index in [9.17, 15) is 9.59 Å². The molecule has 1 unspecified atom stereocenters. The highest BCUT2D eigenvalue weighted by Crippen LogP contribution is 2.32. The maximum atomic E-state index is 12.6. The molecule has 0 aliphatic heterocycles. The van der Waals surface area contributed by atoms with Crippen molar-refractivity contribution in [2.24, 2.45) is 0 Å². The van der Waals surface area contributed by atoms with Crippen molar-refractivity contribution in [1.82, 2.24) is 10.3 Å². The Morgan fingerprint density at radius 1 is 1.19 bits per heavy atom. The van der Waals surface area contributed by atoms with E-state index in [2.05, 4.69) is 10.3 Å². The molecule has 3 aromatic rings. The highest BCUT2D eigenvalue weighted by atomic mass is 35.5. The molecule has 0 spiro atoms. The molecule has 0 saturated heterocycles. The number of nitrogens with zero attached hydrogens (tertiary/aromatic N) is 1. The van der Waals surface area contributed by atoms with Gasteiger partial charge in [0.05, 0.1) is 41.6 Å². The molecule has 164 valence electrons. The van der Waals surface area contributed by atoms with E-state index in [1.165, 1.54) is 23.1 Å². The first kappa shape index (κ1) is 23.4. The molecule has 6 nitrogen and oxygen atoms in total. The maximum Gasteiger partial charge on any atom is 0.308 e. The Morgan fingerprint density at radius 3 is 2.74 bits per heavy atom. The Balaban J connectivity index is 1.65. The predicted molar refractivity (Wildman–Crippen MR) is 125 cm³/mol. The Bertz CT molecular complexity index is 1060. The second kappa shape index (κ2) is 11.4. The number of halogens is 1. The molecule has 9 heteroatoms. The van der Waals surface area contributed by atoms with Gasteiger partial charge in [0, 0.05) is 5.02 Å². The molecule has 3 rings (SSSR count). The van der Waals surface area contributed by atoms with Crippen molar-refractivity contribution in [2.75, 3.05) is 19.0 Å². The minimum absolute atomic E-state index is 0.00925. The third-order valence-electron chi connectivity index (χ3n) is 4.27. The number of hydrogen-bond acceptors (Lipinski definition) is 7. The third kappa shape index (κ3) is 6.59. The van der Waals surface area contributed by atoms with Gasteiger partial charge in [-0.25, -0.2) is 4.98 Å². The van der Waals surface area contributed by atoms with Crippen LogP contribution in [0.3, 0.4) is 0 Å². The van der Waals surface area contributed by atoms with Crippen LogP contribution in [-0.2, 0) is 14.3 Å². The van der Waals surface area contributed by atoms with Gasteiger partial charge in [0.15, 0.2) is 4.34 Å². The fourth-order valence-electron chi connectivity index (χ4n) is 2.95. The minimum Gasteiger partial charge on any atom is -0.494 e. The molecule has 0 aliphatic rings. The van der Waals surface area contributed by atoms with Gasteiger partial charge in [-0.3, -0.25) is 9.59 Å². The third-order valence-corrected chi connectivity index (χ3v) is 6.78. The Morgan fingerprint density at radius 2 is 2.00 bits per heavy atom. The number of nitrogens with one attached hydrogen (secondary N) is 1. The highest BCUT2D eigenvalue weighted by molar-refractivity contribution is 8.01. The van der Waals surface area contributed by atoms with Crippen molar-refractivity contribution in [3.8, 4) is 5.75 Å². The standard InChI is InChI=1S/C22H23ClN2O4S2/c1-3-28-14-9-10-17-19(11-14)31-22(25-17)30-13-20(26)24-18(12-21(27)29-4-2)15-7-5-6-8-16(15)23/h5-11,18H,3-4,12-13H2,1-2H3,(H,24,26). The van der Waals surface area contributed by atoms with Crippen LogP contribution in [0.4, 0.5) is 0 Å². The zero-order chi connectivity index (χ0) is 22.2. The van der Waals surface area contributed by atoms with Crippen molar-refractivity contribution in [1.29, 1.82) is 0 Å². The number of amides is 1. The molecule has 0 aliphatic carbocycles. The summed E-state index contributed by atoms with van der Waals surface area (Å²) in [6.45, 7) is 4.56. The normalized spacial score (nSPS) is 11.8. The molecule has 1 heterocycles. The Labute approximate surface area is 194 Å². The summed E-state index contributed by atoms with van der Waals surface area (Å²) in [5, 5.41) is 3.39. The van der Waals surface area contributed by atoms with Crippen molar-refractivity contribution in [3.05, 3.63) is 53.1 Å². The zero-order valence-electron chi connectivity index (χ0n) is 17.2. The second-order valence-electron chi connectivity index (χ2n) is 6.48. The highest BCUT2D eigenvalue weighted by Gasteiger charge is 2.21. The van der Waals surface area contributed by atoms with Crippen molar-refractivity contribution in [2.45, 2.75) is 30.6 Å². The fraction of sp³-hybridized carbons (Fsp3) is 0.318. The van der Waals surface area contributed by atoms with Crippen LogP contribution in [0.2, 0.25) is 5.02 Å². The van der Waals surface area contributed by atoms with Gasteiger partial charge in [-0.05, 0) is 43.7 Å². The van der Waals surface area contributed by atoms with E-state index in [1.54, 1.807) is 25.1 Å². The smallest absolute Gasteiger partial charge is 0.308 e. The van der Waals surface area contributed by atoms with Crippen LogP contribution in [0.5, 0.6) is 5.75 Å². The van der Waals surface area contributed by atoms with E-state index in [1.807, 2.05) is 31.2 Å². The number of thiazole rings is 1. The molecule has 1 aromatic heterocycles. The van der Waals surface area contributed by atoms with E-state index >= 15 is 0 Å². The molecule has 1 N–H and O–H groups in total. The summed E-state index contributed by atoms with van der Waals surface area (Å²) in [5.41, 5.74) is 1.55. The zero-order valence-corrected chi connectivity index (χ0v) is 19.6. The summed E-state index contributed by atoms with van der Waals surface area (Å²) in [5.74, 6) is 0.363. The lowest BCUT2D eigenvalue weighted by Gasteiger charge is -2.19. The number of fused-ring (bicyclic) bond motifs is 1. The van der Waals surface area contributed by atoms with Gasteiger partial charge in [0.1, 0.15) is 5.75 Å². The first-order valence-electron chi connectivity index (χ1n) is 9.85. The molecular weight excluding hydrogens is 456 g/mol. The lowest BCUT2D eigenvalue weighted by Crippen LogP contribution is -2.32. The largest absolute Gasteiger partial charge is 0.494 e. The minimum atomic E-state index is -0.565. The first-order valence-corrected chi connectivity index (χ1v) is 12.0. The molecule has 2 aromatic carbocycles.